The summed E-state index contributed by atoms with van der Waals surface area (Å²) >= 11 is 3.24. The van der Waals surface area contributed by atoms with Crippen molar-refractivity contribution in [2.24, 2.45) is 5.84 Å². The minimum absolute atomic E-state index is 0.185. The Morgan fingerprint density at radius 3 is 2.57 bits per heavy atom. The zero-order chi connectivity index (χ0) is 15.4. The molecule has 0 amide bonds. The molecule has 6 heteroatoms. The van der Waals surface area contributed by atoms with Crippen LogP contribution in [0.3, 0.4) is 0 Å². The molecule has 21 heavy (non-hydrogen) atoms. The molecule has 3 N–H and O–H groups in total. The van der Waals surface area contributed by atoms with E-state index in [1.54, 1.807) is 18.2 Å². The van der Waals surface area contributed by atoms with Gasteiger partial charge >= 0.3 is 0 Å². The minimum Gasteiger partial charge on any atom is -0.494 e. The van der Waals surface area contributed by atoms with E-state index in [4.69, 9.17) is 10.6 Å². The van der Waals surface area contributed by atoms with Gasteiger partial charge in [0.25, 0.3) is 0 Å². The molecule has 112 valence electrons. The smallest absolute Gasteiger partial charge is 0.165 e. The fourth-order valence-electron chi connectivity index (χ4n) is 2.12. The van der Waals surface area contributed by atoms with Crippen molar-refractivity contribution in [1.29, 1.82) is 0 Å². The van der Waals surface area contributed by atoms with Crippen LogP contribution in [0.4, 0.5) is 8.78 Å². The van der Waals surface area contributed by atoms with Crippen molar-refractivity contribution >= 4 is 15.9 Å². The lowest BCUT2D eigenvalue weighted by molar-refractivity contribution is 0.386. The van der Waals surface area contributed by atoms with Crippen molar-refractivity contribution in [3.05, 3.63) is 63.6 Å². The average molecular weight is 357 g/mol. The first-order valence-electron chi connectivity index (χ1n) is 6.28. The Kier molecular flexibility index (Phi) is 5.27. The van der Waals surface area contributed by atoms with Gasteiger partial charge in [-0.1, -0.05) is 22.0 Å². The molecular formula is C15H15BrF2N2O. The summed E-state index contributed by atoms with van der Waals surface area (Å²) in [5.74, 6) is 4.93. The second kappa shape index (κ2) is 6.98. The van der Waals surface area contributed by atoms with Crippen LogP contribution in [-0.4, -0.2) is 7.11 Å². The molecule has 0 aliphatic heterocycles. The van der Waals surface area contributed by atoms with Gasteiger partial charge in [-0.05, 0) is 47.9 Å². The van der Waals surface area contributed by atoms with E-state index in [2.05, 4.69) is 21.4 Å². The molecule has 2 aromatic rings. The van der Waals surface area contributed by atoms with Gasteiger partial charge in [0.1, 0.15) is 5.82 Å². The van der Waals surface area contributed by atoms with Crippen LogP contribution in [0.2, 0.25) is 0 Å². The second-order valence-corrected chi connectivity index (χ2v) is 5.51. The number of hydrogen-bond donors (Lipinski definition) is 2. The van der Waals surface area contributed by atoms with Crippen molar-refractivity contribution in [3.63, 3.8) is 0 Å². The largest absolute Gasteiger partial charge is 0.494 e. The molecule has 2 aromatic carbocycles. The summed E-state index contributed by atoms with van der Waals surface area (Å²) < 4.78 is 32.6. The standard InChI is InChI=1S/C15H15BrF2N2O/c1-21-15-3-2-9(4-13(15)18)5-14(20-19)10-6-11(16)8-12(17)7-10/h2-4,6-8,14,20H,5,19H2,1H3. The van der Waals surface area contributed by atoms with Crippen LogP contribution in [0.5, 0.6) is 5.75 Å². The fourth-order valence-corrected chi connectivity index (χ4v) is 2.60. The van der Waals surface area contributed by atoms with Gasteiger partial charge in [0.15, 0.2) is 11.6 Å². The Balaban J connectivity index is 2.24. The first-order chi connectivity index (χ1) is 10.0. The van der Waals surface area contributed by atoms with Gasteiger partial charge in [0, 0.05) is 4.47 Å². The van der Waals surface area contributed by atoms with Gasteiger partial charge in [-0.15, -0.1) is 0 Å². The molecule has 0 aromatic heterocycles. The number of hydrazine groups is 1. The number of halogens is 3. The number of benzene rings is 2. The first-order valence-corrected chi connectivity index (χ1v) is 7.07. The summed E-state index contributed by atoms with van der Waals surface area (Å²) in [6, 6.07) is 8.90. The Labute approximate surface area is 130 Å². The van der Waals surface area contributed by atoms with E-state index in [0.717, 1.165) is 5.56 Å². The molecule has 0 radical (unpaired) electrons. The third-order valence-corrected chi connectivity index (χ3v) is 3.60. The molecule has 0 aliphatic rings. The lowest BCUT2D eigenvalue weighted by atomic mass is 9.99. The molecule has 0 spiro atoms. The van der Waals surface area contributed by atoms with Crippen LogP contribution in [0.25, 0.3) is 0 Å². The maximum Gasteiger partial charge on any atom is 0.165 e. The number of nitrogens with two attached hydrogens (primary N) is 1. The monoisotopic (exact) mass is 356 g/mol. The zero-order valence-electron chi connectivity index (χ0n) is 11.4. The summed E-state index contributed by atoms with van der Waals surface area (Å²) in [7, 11) is 1.41. The Morgan fingerprint density at radius 1 is 1.24 bits per heavy atom. The molecule has 0 saturated carbocycles. The number of nitrogens with one attached hydrogen (secondary N) is 1. The van der Waals surface area contributed by atoms with Crippen LogP contribution in [0, 0.1) is 11.6 Å². The normalized spacial score (nSPS) is 12.2. The predicted molar refractivity (Wildman–Crippen MR) is 80.8 cm³/mol. The van der Waals surface area contributed by atoms with Crippen LogP contribution in [0.15, 0.2) is 40.9 Å². The number of methoxy groups -OCH3 is 1. The molecule has 0 saturated heterocycles. The van der Waals surface area contributed by atoms with Gasteiger partial charge in [0.2, 0.25) is 0 Å². The van der Waals surface area contributed by atoms with E-state index in [1.165, 1.54) is 25.3 Å². The van der Waals surface area contributed by atoms with E-state index in [0.29, 0.717) is 16.5 Å². The topological polar surface area (TPSA) is 47.3 Å². The lowest BCUT2D eigenvalue weighted by Gasteiger charge is -2.17. The van der Waals surface area contributed by atoms with Gasteiger partial charge in [-0.25, -0.2) is 8.78 Å². The molecule has 0 bridgehead atoms. The highest BCUT2D eigenvalue weighted by Gasteiger charge is 2.14. The molecule has 2 rings (SSSR count). The van der Waals surface area contributed by atoms with Crippen molar-refractivity contribution in [1.82, 2.24) is 5.43 Å². The summed E-state index contributed by atoms with van der Waals surface area (Å²) in [6.45, 7) is 0. The van der Waals surface area contributed by atoms with E-state index in [-0.39, 0.29) is 17.6 Å². The summed E-state index contributed by atoms with van der Waals surface area (Å²) in [6.07, 6.45) is 0.424. The average Bonchev–Trinajstić information content (AvgIpc) is 2.43. The van der Waals surface area contributed by atoms with Crippen molar-refractivity contribution in [2.75, 3.05) is 7.11 Å². The number of rotatable bonds is 5. The molecule has 0 aliphatic carbocycles. The highest BCUT2D eigenvalue weighted by Crippen LogP contribution is 2.25. The maximum atomic E-state index is 13.7. The number of ether oxygens (including phenoxy) is 1. The minimum atomic E-state index is -0.439. The molecule has 1 atom stereocenters. The lowest BCUT2D eigenvalue weighted by Crippen LogP contribution is -2.29. The summed E-state index contributed by atoms with van der Waals surface area (Å²) in [5, 5.41) is 0. The number of hydrogen-bond acceptors (Lipinski definition) is 3. The van der Waals surface area contributed by atoms with E-state index < -0.39 is 5.82 Å². The molecule has 0 heterocycles. The van der Waals surface area contributed by atoms with Crippen molar-refractivity contribution in [3.8, 4) is 5.75 Å². The predicted octanol–water partition coefficient (Wildman–Crippen LogP) is 3.48. The van der Waals surface area contributed by atoms with E-state index in [1.807, 2.05) is 0 Å². The Bertz CT molecular complexity index is 617. The van der Waals surface area contributed by atoms with Gasteiger partial charge in [-0.3, -0.25) is 11.3 Å². The quantitative estimate of drug-likeness (QED) is 0.636. The van der Waals surface area contributed by atoms with Crippen molar-refractivity contribution in [2.45, 2.75) is 12.5 Å². The fraction of sp³-hybridized carbons (Fsp3) is 0.200. The highest BCUT2D eigenvalue weighted by molar-refractivity contribution is 9.10. The van der Waals surface area contributed by atoms with Crippen LogP contribution < -0.4 is 16.0 Å². The maximum absolute atomic E-state index is 13.7. The molecule has 0 fully saturated rings. The van der Waals surface area contributed by atoms with E-state index >= 15 is 0 Å². The Morgan fingerprint density at radius 2 is 2.00 bits per heavy atom. The SMILES string of the molecule is COc1ccc(CC(NN)c2cc(F)cc(Br)c2)cc1F. The van der Waals surface area contributed by atoms with Gasteiger partial charge in [0.05, 0.1) is 13.2 Å². The summed E-state index contributed by atoms with van der Waals surface area (Å²) in [4.78, 5) is 0. The van der Waals surface area contributed by atoms with Crippen molar-refractivity contribution < 1.29 is 13.5 Å². The zero-order valence-corrected chi connectivity index (χ0v) is 13.0. The van der Waals surface area contributed by atoms with Crippen LogP contribution in [-0.2, 0) is 6.42 Å². The highest BCUT2D eigenvalue weighted by atomic mass is 79.9. The molecular weight excluding hydrogens is 342 g/mol. The third-order valence-electron chi connectivity index (χ3n) is 3.14. The summed E-state index contributed by atoms with van der Waals surface area (Å²) in [5.41, 5.74) is 4.04. The van der Waals surface area contributed by atoms with Crippen LogP contribution in [0.1, 0.15) is 17.2 Å². The first kappa shape index (κ1) is 15.9. The van der Waals surface area contributed by atoms with Crippen LogP contribution >= 0.6 is 15.9 Å². The Hall–Kier alpha value is -1.50. The van der Waals surface area contributed by atoms with Gasteiger partial charge < -0.3 is 4.74 Å². The second-order valence-electron chi connectivity index (χ2n) is 4.60. The van der Waals surface area contributed by atoms with E-state index in [9.17, 15) is 8.78 Å². The molecule has 3 nitrogen and oxygen atoms in total. The molecule has 1 unspecified atom stereocenters. The van der Waals surface area contributed by atoms with Gasteiger partial charge in [-0.2, -0.15) is 0 Å². The third kappa shape index (κ3) is 4.00.